The van der Waals surface area contributed by atoms with Crippen LogP contribution in [0.15, 0.2) is 66.6 Å². The number of piperidine rings is 1. The lowest BCUT2D eigenvalue weighted by atomic mass is 10.1. The molecule has 16 heteroatoms. The van der Waals surface area contributed by atoms with Crippen molar-refractivity contribution in [3.63, 3.8) is 0 Å². The normalized spacial score (nSPS) is 13.8. The van der Waals surface area contributed by atoms with E-state index in [1.807, 2.05) is 5.01 Å². The summed E-state index contributed by atoms with van der Waals surface area (Å²) >= 11 is 14.1. The summed E-state index contributed by atoms with van der Waals surface area (Å²) in [6.07, 6.45) is -0.760. The number of halogens is 5. The van der Waals surface area contributed by atoms with Gasteiger partial charge in [-0.3, -0.25) is 20.3 Å². The predicted molar refractivity (Wildman–Crippen MR) is 178 cm³/mol. The largest absolute Gasteiger partial charge is 0.416 e. The van der Waals surface area contributed by atoms with Gasteiger partial charge in [0.1, 0.15) is 0 Å². The van der Waals surface area contributed by atoms with Crippen LogP contribution in [0.3, 0.4) is 0 Å². The van der Waals surface area contributed by atoms with Gasteiger partial charge in [-0.15, -0.1) is 11.3 Å². The van der Waals surface area contributed by atoms with E-state index < -0.39 is 22.6 Å². The Bertz CT molecular complexity index is 1910. The molecule has 0 unspecified atom stereocenters. The smallest absolute Gasteiger partial charge is 0.370 e. The van der Waals surface area contributed by atoms with Crippen molar-refractivity contribution in [2.45, 2.75) is 32.0 Å². The van der Waals surface area contributed by atoms with Crippen LogP contribution < -0.4 is 16.1 Å². The zero-order valence-electron chi connectivity index (χ0n) is 25.3. The summed E-state index contributed by atoms with van der Waals surface area (Å²) < 4.78 is 40.5. The molecule has 0 saturated carbocycles. The van der Waals surface area contributed by atoms with E-state index in [-0.39, 0.29) is 23.1 Å². The molecule has 2 aromatic carbocycles. The minimum atomic E-state index is -4.45. The van der Waals surface area contributed by atoms with Gasteiger partial charge >= 0.3 is 6.18 Å². The fourth-order valence-corrected chi connectivity index (χ4v) is 6.39. The van der Waals surface area contributed by atoms with E-state index in [4.69, 9.17) is 28.3 Å². The van der Waals surface area contributed by atoms with Gasteiger partial charge in [0.2, 0.25) is 0 Å². The van der Waals surface area contributed by atoms with Gasteiger partial charge < -0.3 is 10.6 Å². The van der Waals surface area contributed by atoms with E-state index in [0.717, 1.165) is 37.6 Å². The first-order chi connectivity index (χ1) is 22.9. The Hall–Kier alpha value is -4.55. The summed E-state index contributed by atoms with van der Waals surface area (Å²) in [5.74, 6) is 5.51. The Balaban J connectivity index is 1.61. The lowest BCUT2D eigenvalue weighted by Crippen LogP contribution is -2.45. The van der Waals surface area contributed by atoms with Gasteiger partial charge in [0.25, 0.3) is 12.1 Å². The first-order valence-corrected chi connectivity index (χ1v) is 16.2. The topological polar surface area (TPSA) is 117 Å². The molecule has 0 aliphatic carbocycles. The number of nitro groups is 1. The lowest BCUT2D eigenvalue weighted by Gasteiger charge is -2.26. The molecule has 5 rings (SSSR count). The van der Waals surface area contributed by atoms with E-state index in [0.29, 0.717) is 50.4 Å². The number of rotatable bonds is 9. The van der Waals surface area contributed by atoms with Gasteiger partial charge in [0.05, 0.1) is 36.6 Å². The van der Waals surface area contributed by atoms with Crippen molar-refractivity contribution in [1.82, 2.24) is 30.8 Å². The number of benzene rings is 2. The number of aromatic nitrogens is 2. The standard InChI is InChI=1S/C32H28Cl2F3N7O3S/c1-38-28(19-43(46)47)39-18-24-29(31(45)41-42-15-3-2-4-16-42)40-44(26-13-10-22(33)17-25(26)34)30(24)27-14-12-23(48-27)11-7-20-5-8-21(9-6-20)32(35,36)37/h5-6,8-10,12-14,17,19,38-39H,2-4,15-16,18H2,1H3,(H,41,45)/b28-19-. The molecular weight excluding hydrogens is 690 g/mol. The molecule has 4 aromatic rings. The summed E-state index contributed by atoms with van der Waals surface area (Å²) in [5, 5.41) is 24.2. The van der Waals surface area contributed by atoms with Gasteiger partial charge in [0, 0.05) is 42.8 Å². The number of hydrogen-bond donors (Lipinski definition) is 3. The molecule has 3 N–H and O–H groups in total. The number of nitrogens with zero attached hydrogens (tertiary/aromatic N) is 4. The predicted octanol–water partition coefficient (Wildman–Crippen LogP) is 6.84. The van der Waals surface area contributed by atoms with Crippen LogP contribution in [0.25, 0.3) is 16.3 Å². The molecule has 2 aromatic heterocycles. The van der Waals surface area contributed by atoms with Crippen molar-refractivity contribution < 1.29 is 22.9 Å². The molecule has 1 amide bonds. The molecule has 1 fully saturated rings. The summed E-state index contributed by atoms with van der Waals surface area (Å²) in [4.78, 5) is 25.6. The van der Waals surface area contributed by atoms with Gasteiger partial charge in [-0.05, 0) is 67.4 Å². The summed E-state index contributed by atoms with van der Waals surface area (Å²) in [7, 11) is 1.52. The van der Waals surface area contributed by atoms with Crippen molar-refractivity contribution in [3.05, 3.63) is 114 Å². The number of nitrogens with one attached hydrogen (secondary N) is 3. The maximum atomic E-state index is 13.8. The SMILES string of the molecule is CN/C(=C/[N+](=O)[O-])NCc1c(C(=O)NN2CCCCC2)nn(-c2ccc(Cl)cc2Cl)c1-c1ccc(C#Cc2ccc(C(F)(F)F)cc2)s1. The Morgan fingerprint density at radius 3 is 2.46 bits per heavy atom. The van der Waals surface area contributed by atoms with E-state index in [1.54, 1.807) is 30.3 Å². The van der Waals surface area contributed by atoms with Crippen molar-refractivity contribution >= 4 is 40.4 Å². The second-order valence-electron chi connectivity index (χ2n) is 10.6. The Morgan fingerprint density at radius 1 is 1.08 bits per heavy atom. The molecule has 0 atom stereocenters. The number of carbonyl (C=O) groups excluding carboxylic acids is 1. The number of carbonyl (C=O) groups is 1. The molecule has 1 saturated heterocycles. The molecule has 0 spiro atoms. The molecule has 48 heavy (non-hydrogen) atoms. The average molecular weight is 719 g/mol. The number of amides is 1. The van der Waals surface area contributed by atoms with Crippen LogP contribution in [-0.2, 0) is 12.7 Å². The van der Waals surface area contributed by atoms with Crippen molar-refractivity contribution in [2.24, 2.45) is 0 Å². The number of alkyl halides is 3. The van der Waals surface area contributed by atoms with E-state index in [2.05, 4.69) is 27.9 Å². The molecule has 1 aliphatic rings. The Kier molecular flexibility index (Phi) is 11.0. The summed E-state index contributed by atoms with van der Waals surface area (Å²) in [6.45, 7) is 1.31. The van der Waals surface area contributed by atoms with Crippen molar-refractivity contribution in [2.75, 3.05) is 20.1 Å². The van der Waals surface area contributed by atoms with Gasteiger partial charge in [0.15, 0.2) is 11.5 Å². The third-order valence-electron chi connectivity index (χ3n) is 7.29. The number of thiophene rings is 1. The quantitative estimate of drug-likeness (QED) is 0.0986. The summed E-state index contributed by atoms with van der Waals surface area (Å²) in [5.41, 5.74) is 3.96. The van der Waals surface area contributed by atoms with Crippen LogP contribution in [-0.4, -0.2) is 45.8 Å². The molecular formula is C32H28Cl2F3N7O3S. The van der Waals surface area contributed by atoms with Crippen LogP contribution in [0.5, 0.6) is 0 Å². The summed E-state index contributed by atoms with van der Waals surface area (Å²) in [6, 6.07) is 12.9. The highest BCUT2D eigenvalue weighted by Gasteiger charge is 2.30. The molecule has 250 valence electrons. The highest BCUT2D eigenvalue weighted by atomic mass is 35.5. The third kappa shape index (κ3) is 8.48. The van der Waals surface area contributed by atoms with Crippen molar-refractivity contribution in [3.8, 4) is 28.1 Å². The van der Waals surface area contributed by atoms with E-state index in [1.165, 1.54) is 35.2 Å². The highest BCUT2D eigenvalue weighted by molar-refractivity contribution is 7.16. The second-order valence-corrected chi connectivity index (χ2v) is 12.5. The van der Waals surface area contributed by atoms with E-state index >= 15 is 0 Å². The number of hydrazine groups is 1. The van der Waals surface area contributed by atoms with Crippen LogP contribution in [0, 0.1) is 22.0 Å². The molecule has 10 nitrogen and oxygen atoms in total. The third-order valence-corrected chi connectivity index (χ3v) is 8.84. The molecule has 1 aliphatic heterocycles. The maximum Gasteiger partial charge on any atom is 0.416 e. The van der Waals surface area contributed by atoms with Crippen LogP contribution in [0.2, 0.25) is 10.0 Å². The van der Waals surface area contributed by atoms with Gasteiger partial charge in [-0.1, -0.05) is 41.5 Å². The van der Waals surface area contributed by atoms with Gasteiger partial charge in [-0.2, -0.15) is 18.3 Å². The van der Waals surface area contributed by atoms with Crippen LogP contribution in [0.4, 0.5) is 13.2 Å². The second kappa shape index (κ2) is 15.1. The van der Waals surface area contributed by atoms with Crippen LogP contribution >= 0.6 is 34.5 Å². The zero-order valence-corrected chi connectivity index (χ0v) is 27.7. The number of hydrogen-bond acceptors (Lipinski definition) is 8. The first-order valence-electron chi connectivity index (χ1n) is 14.6. The Labute approximate surface area is 287 Å². The van der Waals surface area contributed by atoms with Gasteiger partial charge in [-0.25, -0.2) is 9.69 Å². The monoisotopic (exact) mass is 717 g/mol. The Morgan fingerprint density at radius 2 is 1.81 bits per heavy atom. The van der Waals surface area contributed by atoms with Crippen LogP contribution in [0.1, 0.15) is 51.3 Å². The molecule has 0 radical (unpaired) electrons. The van der Waals surface area contributed by atoms with Crippen molar-refractivity contribution in [1.29, 1.82) is 0 Å². The molecule has 3 heterocycles. The average Bonchev–Trinajstić information content (AvgIpc) is 3.67. The van der Waals surface area contributed by atoms with E-state index in [9.17, 15) is 28.1 Å². The fraction of sp³-hybridized carbons (Fsp3) is 0.250. The minimum Gasteiger partial charge on any atom is -0.370 e. The zero-order chi connectivity index (χ0) is 34.4. The maximum absolute atomic E-state index is 13.8. The fourth-order valence-electron chi connectivity index (χ4n) is 4.98. The first kappa shape index (κ1) is 34.8. The highest BCUT2D eigenvalue weighted by Crippen LogP contribution is 2.37. The lowest BCUT2D eigenvalue weighted by molar-refractivity contribution is -0.404. The minimum absolute atomic E-state index is 0.0473. The molecule has 0 bridgehead atoms.